The van der Waals surface area contributed by atoms with Gasteiger partial charge < -0.3 is 19.9 Å². The molecule has 3 heterocycles. The van der Waals surface area contributed by atoms with Gasteiger partial charge in [-0.05, 0) is 153 Å². The predicted molar refractivity (Wildman–Crippen MR) is 229 cm³/mol. The van der Waals surface area contributed by atoms with E-state index >= 15 is 0 Å². The largest absolute Gasteiger partial charge is 0.508 e. The van der Waals surface area contributed by atoms with Crippen LogP contribution in [0.2, 0.25) is 0 Å². The van der Waals surface area contributed by atoms with E-state index in [0.717, 1.165) is 97.1 Å². The zero-order chi connectivity index (χ0) is 39.8. The second kappa shape index (κ2) is 16.5. The fourth-order valence-electron chi connectivity index (χ4n) is 12.0. The molecule has 10 rings (SSSR count). The first-order valence-corrected chi connectivity index (χ1v) is 22.4. The van der Waals surface area contributed by atoms with Gasteiger partial charge in [0.1, 0.15) is 17.3 Å². The minimum atomic E-state index is -0.799. The fourth-order valence-corrected chi connectivity index (χ4v) is 12.0. The number of cyclic esters (lactones) is 2. The molecule has 0 radical (unpaired) electrons. The van der Waals surface area contributed by atoms with Crippen molar-refractivity contribution in [2.24, 2.45) is 35.0 Å². The molecule has 2 N–H and O–H groups in total. The highest BCUT2D eigenvalue weighted by molar-refractivity contribution is 6.07. The average molecular weight is 778 g/mol. The summed E-state index contributed by atoms with van der Waals surface area (Å²) in [7, 11) is 0. The van der Waals surface area contributed by atoms with Gasteiger partial charge in [0, 0.05) is 23.1 Å². The number of carbonyl (C=O) groups excluding carboxylic acids is 2. The second-order valence-corrected chi connectivity index (χ2v) is 17.9. The molecule has 7 unspecified atom stereocenters. The van der Waals surface area contributed by atoms with Crippen molar-refractivity contribution in [1.82, 2.24) is 5.32 Å². The van der Waals surface area contributed by atoms with E-state index < -0.39 is 5.41 Å². The summed E-state index contributed by atoms with van der Waals surface area (Å²) in [6, 6.07) is 26.9. The highest BCUT2D eigenvalue weighted by atomic mass is 16.5. The standard InChI is InChI=1S/C52H59NO5/c1-3-5-8-19-37-30-35(26-28-53-37)16-13-20-44-42-24-23-41-40-25-27-52(48(41)47(42)50(55)57-44)45(31-33(4-2)29-34-14-9-6-10-15-34)58-51(56)49(52)46(40)43-32-38(54)21-22-39(43)36-17-11-7-12-18-36/h6-7,9-12,14-15,17-18,20-22,31-33,35,37,40-41,48,53-54H,3-5,8,13,16,19,23-30H2,1-2H3. The lowest BCUT2D eigenvalue weighted by Gasteiger charge is -2.56. The van der Waals surface area contributed by atoms with Crippen molar-refractivity contribution >= 4 is 17.5 Å². The van der Waals surface area contributed by atoms with E-state index in [4.69, 9.17) is 9.47 Å². The van der Waals surface area contributed by atoms with Crippen molar-refractivity contribution in [3.05, 3.63) is 130 Å². The van der Waals surface area contributed by atoms with Gasteiger partial charge >= 0.3 is 11.9 Å². The highest BCUT2D eigenvalue weighted by Crippen LogP contribution is 2.72. The summed E-state index contributed by atoms with van der Waals surface area (Å²) in [4.78, 5) is 29.1. The summed E-state index contributed by atoms with van der Waals surface area (Å²) in [6.45, 7) is 5.55. The van der Waals surface area contributed by atoms with E-state index in [-0.39, 0.29) is 41.4 Å². The number of rotatable bonds is 13. The van der Waals surface area contributed by atoms with E-state index in [1.807, 2.05) is 36.4 Å². The van der Waals surface area contributed by atoms with Gasteiger partial charge in [-0.2, -0.15) is 0 Å². The summed E-state index contributed by atoms with van der Waals surface area (Å²) in [5.41, 5.74) is 6.87. The second-order valence-electron chi connectivity index (χ2n) is 17.9. The molecule has 3 aromatic rings. The molecule has 0 aromatic heterocycles. The third-order valence-electron chi connectivity index (χ3n) is 14.6. The summed E-state index contributed by atoms with van der Waals surface area (Å²) < 4.78 is 12.8. The molecule has 7 atom stereocenters. The van der Waals surface area contributed by atoms with Crippen LogP contribution in [0.3, 0.4) is 0 Å². The molecule has 2 bridgehead atoms. The number of phenols is 1. The van der Waals surface area contributed by atoms with Crippen LogP contribution >= 0.6 is 0 Å². The SMILES string of the molecule is CCCCCC1CC(CCC=C2OC(=O)C3=C2CCC2C4CCC5(C(=CC(CC)Cc6ccccc6)OC(=O)C5=C4c4cc(O)ccc4-c4ccccc4)C32)CCN1. The predicted octanol–water partition coefficient (Wildman–Crippen LogP) is 11.4. The zero-order valence-corrected chi connectivity index (χ0v) is 34.3. The summed E-state index contributed by atoms with van der Waals surface area (Å²) in [5, 5.41) is 14.8. The van der Waals surface area contributed by atoms with Crippen LogP contribution < -0.4 is 5.32 Å². The Bertz CT molecular complexity index is 2160. The number of benzene rings is 3. The molecular formula is C52H59NO5. The van der Waals surface area contributed by atoms with Crippen LogP contribution in [0.4, 0.5) is 0 Å². The third-order valence-corrected chi connectivity index (χ3v) is 14.6. The monoisotopic (exact) mass is 777 g/mol. The average Bonchev–Trinajstić information content (AvgIpc) is 3.73. The lowest BCUT2D eigenvalue weighted by molar-refractivity contribution is -0.135. The van der Waals surface area contributed by atoms with E-state index in [2.05, 4.69) is 67.7 Å². The number of piperidine rings is 1. The van der Waals surface area contributed by atoms with E-state index in [0.29, 0.717) is 23.3 Å². The van der Waals surface area contributed by atoms with E-state index in [1.54, 1.807) is 6.07 Å². The first-order valence-electron chi connectivity index (χ1n) is 22.4. The van der Waals surface area contributed by atoms with Crippen LogP contribution in [0.15, 0.2) is 119 Å². The third kappa shape index (κ3) is 6.99. The van der Waals surface area contributed by atoms with Gasteiger partial charge in [-0.3, -0.25) is 0 Å². The van der Waals surface area contributed by atoms with Gasteiger partial charge in [-0.15, -0.1) is 0 Å². The Morgan fingerprint density at radius 3 is 2.48 bits per heavy atom. The number of carbonyl (C=O) groups is 2. The van der Waals surface area contributed by atoms with Crippen molar-refractivity contribution in [3.8, 4) is 16.9 Å². The summed E-state index contributed by atoms with van der Waals surface area (Å²) in [5.74, 6) is 1.84. The quantitative estimate of drug-likeness (QED) is 0.133. The smallest absolute Gasteiger partial charge is 0.340 e. The van der Waals surface area contributed by atoms with Gasteiger partial charge in [0.15, 0.2) is 0 Å². The molecule has 1 spiro atoms. The lowest BCUT2D eigenvalue weighted by Crippen LogP contribution is -2.52. The first-order chi connectivity index (χ1) is 28.4. The molecule has 4 aliphatic carbocycles. The molecule has 6 nitrogen and oxygen atoms in total. The Balaban J connectivity index is 1.12. The molecule has 3 aromatic carbocycles. The maximum Gasteiger partial charge on any atom is 0.340 e. The molecule has 6 heteroatoms. The minimum absolute atomic E-state index is 0.0318. The number of hydrogen-bond donors (Lipinski definition) is 2. The van der Waals surface area contributed by atoms with Crippen LogP contribution in [0.1, 0.15) is 108 Å². The van der Waals surface area contributed by atoms with Crippen molar-refractivity contribution in [2.45, 2.75) is 110 Å². The van der Waals surface area contributed by atoms with Gasteiger partial charge in [-0.1, -0.05) is 99.8 Å². The van der Waals surface area contributed by atoms with Crippen molar-refractivity contribution < 1.29 is 24.2 Å². The molecular weight excluding hydrogens is 719 g/mol. The van der Waals surface area contributed by atoms with E-state index in [1.165, 1.54) is 44.1 Å². The molecule has 7 aliphatic rings. The number of ether oxygens (including phenoxy) is 2. The highest BCUT2D eigenvalue weighted by Gasteiger charge is 2.68. The number of hydrogen-bond acceptors (Lipinski definition) is 6. The summed E-state index contributed by atoms with van der Waals surface area (Å²) >= 11 is 0. The van der Waals surface area contributed by atoms with Crippen LogP contribution in [0, 0.1) is 35.0 Å². The normalized spacial score (nSPS) is 29.4. The number of phenolic OH excluding ortho intramolecular Hbond substituents is 1. The number of aromatic hydroxyl groups is 1. The van der Waals surface area contributed by atoms with Gasteiger partial charge in [0.2, 0.25) is 0 Å². The Kier molecular flexibility index (Phi) is 11.1. The van der Waals surface area contributed by atoms with Gasteiger partial charge in [0.25, 0.3) is 0 Å². The number of nitrogens with one attached hydrogen (secondary N) is 1. The van der Waals surface area contributed by atoms with E-state index in [9.17, 15) is 14.7 Å². The molecule has 3 fully saturated rings. The van der Waals surface area contributed by atoms with Gasteiger partial charge in [-0.25, -0.2) is 9.59 Å². The zero-order valence-electron chi connectivity index (χ0n) is 34.3. The molecule has 302 valence electrons. The Morgan fingerprint density at radius 2 is 1.69 bits per heavy atom. The number of fused-ring (bicyclic) bond motifs is 1. The molecule has 2 saturated heterocycles. The maximum atomic E-state index is 14.7. The van der Waals surface area contributed by atoms with Crippen LogP contribution in [0.25, 0.3) is 16.7 Å². The molecule has 0 amide bonds. The van der Waals surface area contributed by atoms with Crippen molar-refractivity contribution in [2.75, 3.05) is 6.54 Å². The van der Waals surface area contributed by atoms with Crippen LogP contribution in [0.5, 0.6) is 5.75 Å². The topological polar surface area (TPSA) is 84.9 Å². The Morgan fingerprint density at radius 1 is 0.879 bits per heavy atom. The maximum absolute atomic E-state index is 14.7. The Hall–Kier alpha value is -4.68. The summed E-state index contributed by atoms with van der Waals surface area (Å²) in [6.07, 6.45) is 19.0. The fraction of sp³-hybridized carbons (Fsp3) is 0.462. The molecule has 58 heavy (non-hydrogen) atoms. The molecule has 3 aliphatic heterocycles. The lowest BCUT2D eigenvalue weighted by atomic mass is 9.44. The minimum Gasteiger partial charge on any atom is -0.508 e. The van der Waals surface area contributed by atoms with Crippen molar-refractivity contribution in [1.29, 1.82) is 0 Å². The van der Waals surface area contributed by atoms with Crippen molar-refractivity contribution in [3.63, 3.8) is 0 Å². The van der Waals surface area contributed by atoms with Crippen LogP contribution in [-0.2, 0) is 25.5 Å². The Labute approximate surface area is 344 Å². The first kappa shape index (κ1) is 38.8. The molecule has 1 saturated carbocycles. The van der Waals surface area contributed by atoms with Gasteiger partial charge in [0.05, 0.1) is 11.0 Å². The van der Waals surface area contributed by atoms with Crippen LogP contribution in [-0.4, -0.2) is 29.6 Å². The number of esters is 2. The number of unbranched alkanes of at least 4 members (excludes halogenated alkanes) is 2. The number of allylic oxidation sites excluding steroid dienone is 5.